The second-order valence-electron chi connectivity index (χ2n) is 8.05. The number of piperidine rings is 1. The highest BCUT2D eigenvalue weighted by molar-refractivity contribution is 6.34. The third kappa shape index (κ3) is 5.41. The molecule has 1 aliphatic heterocycles. The number of benzene rings is 1. The maximum Gasteiger partial charge on any atom is 0.410 e. The first-order valence-corrected chi connectivity index (χ1v) is 10.4. The fourth-order valence-electron chi connectivity index (χ4n) is 3.38. The van der Waals surface area contributed by atoms with Crippen LogP contribution in [0.1, 0.15) is 47.0 Å². The van der Waals surface area contributed by atoms with E-state index in [9.17, 15) is 4.79 Å². The van der Waals surface area contributed by atoms with Crippen molar-refractivity contribution in [3.05, 3.63) is 23.6 Å². The number of hydrogen-bond donors (Lipinski definition) is 0. The summed E-state index contributed by atoms with van der Waals surface area (Å²) in [6.45, 7) is 9.04. The number of halogens is 1. The molecular weight excluding hydrogens is 394 g/mol. The second kappa shape index (κ2) is 9.03. The Balaban J connectivity index is 1.82. The number of likely N-dealkylation sites (tertiary alicyclic amines) is 1. The van der Waals surface area contributed by atoms with Gasteiger partial charge in [0.1, 0.15) is 35.2 Å². The molecule has 2 aromatic rings. The van der Waals surface area contributed by atoms with Crippen molar-refractivity contribution in [3.63, 3.8) is 0 Å². The SMILES string of the molecule is CCOc1cc(OC[C@H]2CCCCN2C(=O)OC(C)(C)C)c2c(Cl)ncnc2c1. The van der Waals surface area contributed by atoms with E-state index < -0.39 is 5.60 Å². The minimum atomic E-state index is -0.535. The number of rotatable bonds is 5. The molecule has 8 heteroatoms. The van der Waals surface area contributed by atoms with Crippen molar-refractivity contribution < 1.29 is 19.0 Å². The van der Waals surface area contributed by atoms with Crippen molar-refractivity contribution >= 4 is 28.6 Å². The molecule has 158 valence electrons. The summed E-state index contributed by atoms with van der Waals surface area (Å²) < 4.78 is 17.3. The molecular formula is C21H28ClN3O4. The molecule has 1 aromatic carbocycles. The van der Waals surface area contributed by atoms with E-state index in [1.54, 1.807) is 11.0 Å². The molecule has 1 amide bonds. The number of hydrogen-bond acceptors (Lipinski definition) is 6. The smallest absolute Gasteiger partial charge is 0.410 e. The summed E-state index contributed by atoms with van der Waals surface area (Å²) >= 11 is 6.31. The Kier molecular flexibility index (Phi) is 6.67. The third-order valence-corrected chi connectivity index (χ3v) is 4.91. The summed E-state index contributed by atoms with van der Waals surface area (Å²) in [4.78, 5) is 22.7. The molecule has 2 heterocycles. The van der Waals surface area contributed by atoms with Gasteiger partial charge in [-0.05, 0) is 47.0 Å². The van der Waals surface area contributed by atoms with Crippen molar-refractivity contribution in [2.24, 2.45) is 0 Å². The van der Waals surface area contributed by atoms with Gasteiger partial charge < -0.3 is 19.1 Å². The molecule has 29 heavy (non-hydrogen) atoms. The van der Waals surface area contributed by atoms with Gasteiger partial charge in [0.25, 0.3) is 0 Å². The first kappa shape index (κ1) is 21.4. The Bertz CT molecular complexity index is 869. The molecule has 0 saturated carbocycles. The van der Waals surface area contributed by atoms with E-state index in [1.807, 2.05) is 33.8 Å². The van der Waals surface area contributed by atoms with Crippen LogP contribution in [0.25, 0.3) is 10.9 Å². The molecule has 1 aliphatic rings. The Labute approximate surface area is 176 Å². The van der Waals surface area contributed by atoms with E-state index in [4.69, 9.17) is 25.8 Å². The lowest BCUT2D eigenvalue weighted by molar-refractivity contribution is 0.00367. The van der Waals surface area contributed by atoms with E-state index in [1.165, 1.54) is 6.33 Å². The van der Waals surface area contributed by atoms with Gasteiger partial charge in [-0.25, -0.2) is 14.8 Å². The normalized spacial score (nSPS) is 17.3. The highest BCUT2D eigenvalue weighted by Gasteiger charge is 2.31. The first-order valence-electron chi connectivity index (χ1n) is 9.98. The summed E-state index contributed by atoms with van der Waals surface area (Å²) in [6, 6.07) is 3.53. The van der Waals surface area contributed by atoms with Crippen molar-refractivity contribution in [2.45, 2.75) is 58.6 Å². The fraction of sp³-hybridized carbons (Fsp3) is 0.571. The van der Waals surface area contributed by atoms with Crippen LogP contribution in [0.3, 0.4) is 0 Å². The van der Waals surface area contributed by atoms with Crippen molar-refractivity contribution in [1.82, 2.24) is 14.9 Å². The predicted molar refractivity (Wildman–Crippen MR) is 112 cm³/mol. The van der Waals surface area contributed by atoms with Gasteiger partial charge >= 0.3 is 6.09 Å². The van der Waals surface area contributed by atoms with E-state index in [0.717, 1.165) is 19.3 Å². The van der Waals surface area contributed by atoms with Crippen LogP contribution >= 0.6 is 11.6 Å². The number of aromatic nitrogens is 2. The predicted octanol–water partition coefficient (Wildman–Crippen LogP) is 4.85. The lowest BCUT2D eigenvalue weighted by Crippen LogP contribution is -2.48. The number of amides is 1. The zero-order valence-electron chi connectivity index (χ0n) is 17.4. The molecule has 0 bridgehead atoms. The van der Waals surface area contributed by atoms with Gasteiger partial charge in [0, 0.05) is 18.7 Å². The molecule has 0 N–H and O–H groups in total. The van der Waals surface area contributed by atoms with E-state index >= 15 is 0 Å². The monoisotopic (exact) mass is 421 g/mol. The lowest BCUT2D eigenvalue weighted by Gasteiger charge is -2.36. The van der Waals surface area contributed by atoms with Crippen LogP contribution in [0.5, 0.6) is 11.5 Å². The Morgan fingerprint density at radius 1 is 1.24 bits per heavy atom. The Morgan fingerprint density at radius 2 is 2.03 bits per heavy atom. The summed E-state index contributed by atoms with van der Waals surface area (Å²) in [5.41, 5.74) is 0.117. The molecule has 1 saturated heterocycles. The summed E-state index contributed by atoms with van der Waals surface area (Å²) in [5, 5.41) is 0.956. The van der Waals surface area contributed by atoms with Crippen molar-refractivity contribution in [2.75, 3.05) is 19.8 Å². The van der Waals surface area contributed by atoms with Crippen LogP contribution in [-0.2, 0) is 4.74 Å². The molecule has 0 radical (unpaired) electrons. The highest BCUT2D eigenvalue weighted by atomic mass is 35.5. The topological polar surface area (TPSA) is 73.8 Å². The first-order chi connectivity index (χ1) is 13.8. The van der Waals surface area contributed by atoms with E-state index in [-0.39, 0.29) is 12.1 Å². The maximum absolute atomic E-state index is 12.6. The van der Waals surface area contributed by atoms with E-state index in [2.05, 4.69) is 9.97 Å². The van der Waals surface area contributed by atoms with Crippen LogP contribution in [0, 0.1) is 0 Å². The zero-order valence-corrected chi connectivity index (χ0v) is 18.2. The minimum Gasteiger partial charge on any atom is -0.494 e. The Morgan fingerprint density at radius 3 is 2.76 bits per heavy atom. The average Bonchev–Trinajstić information content (AvgIpc) is 2.65. The van der Waals surface area contributed by atoms with Crippen LogP contribution in [0.4, 0.5) is 4.79 Å². The van der Waals surface area contributed by atoms with Gasteiger partial charge in [0.2, 0.25) is 0 Å². The molecule has 3 rings (SSSR count). The molecule has 0 aliphatic carbocycles. The van der Waals surface area contributed by atoms with Crippen LogP contribution in [0.15, 0.2) is 18.5 Å². The van der Waals surface area contributed by atoms with Gasteiger partial charge in [-0.1, -0.05) is 11.6 Å². The van der Waals surface area contributed by atoms with Gasteiger partial charge in [-0.15, -0.1) is 0 Å². The Hall–Kier alpha value is -2.28. The number of ether oxygens (including phenoxy) is 3. The average molecular weight is 422 g/mol. The van der Waals surface area contributed by atoms with Crippen molar-refractivity contribution in [1.29, 1.82) is 0 Å². The summed E-state index contributed by atoms with van der Waals surface area (Å²) in [6.07, 6.45) is 3.96. The van der Waals surface area contributed by atoms with Gasteiger partial charge in [0.15, 0.2) is 0 Å². The fourth-order valence-corrected chi connectivity index (χ4v) is 3.61. The molecule has 1 atom stereocenters. The summed E-state index contributed by atoms with van der Waals surface area (Å²) in [5.74, 6) is 1.20. The quantitative estimate of drug-likeness (QED) is 0.642. The largest absolute Gasteiger partial charge is 0.494 e. The molecule has 0 unspecified atom stereocenters. The number of fused-ring (bicyclic) bond motifs is 1. The minimum absolute atomic E-state index is 0.0761. The van der Waals surface area contributed by atoms with Crippen LogP contribution < -0.4 is 9.47 Å². The number of carbonyl (C=O) groups excluding carboxylic acids is 1. The van der Waals surface area contributed by atoms with Gasteiger partial charge in [0.05, 0.1) is 23.6 Å². The maximum atomic E-state index is 12.6. The standard InChI is InChI=1S/C21H28ClN3O4/c1-5-27-15-10-16-18(19(22)24-13-23-16)17(11-15)28-12-14-8-6-7-9-25(14)20(26)29-21(2,3)4/h10-11,13-14H,5-9,12H2,1-4H3/t14-/m1/s1. The number of nitrogens with zero attached hydrogens (tertiary/aromatic N) is 3. The molecule has 0 spiro atoms. The molecule has 1 fully saturated rings. The van der Waals surface area contributed by atoms with Gasteiger partial charge in [-0.3, -0.25) is 0 Å². The van der Waals surface area contributed by atoms with E-state index in [0.29, 0.717) is 47.3 Å². The van der Waals surface area contributed by atoms with Gasteiger partial charge in [-0.2, -0.15) is 0 Å². The second-order valence-corrected chi connectivity index (χ2v) is 8.41. The third-order valence-electron chi connectivity index (χ3n) is 4.63. The molecule has 1 aromatic heterocycles. The van der Waals surface area contributed by atoms with Crippen LogP contribution in [-0.4, -0.2) is 52.4 Å². The number of carbonyl (C=O) groups is 1. The highest BCUT2D eigenvalue weighted by Crippen LogP contribution is 2.34. The van der Waals surface area contributed by atoms with Crippen molar-refractivity contribution in [3.8, 4) is 11.5 Å². The summed E-state index contributed by atoms with van der Waals surface area (Å²) in [7, 11) is 0. The zero-order chi connectivity index (χ0) is 21.0. The lowest BCUT2D eigenvalue weighted by atomic mass is 10.0. The molecule has 7 nitrogen and oxygen atoms in total. The van der Waals surface area contributed by atoms with Crippen LogP contribution in [0.2, 0.25) is 5.15 Å².